The number of nitrogens with zero attached hydrogens (tertiary/aromatic N) is 3. The van der Waals surface area contributed by atoms with Crippen LogP contribution in [0.25, 0.3) is 0 Å². The summed E-state index contributed by atoms with van der Waals surface area (Å²) in [6, 6.07) is 12.6. The molecule has 0 aromatic heterocycles. The second-order valence-electron chi connectivity index (χ2n) is 7.48. The Labute approximate surface area is 175 Å². The Kier molecular flexibility index (Phi) is 6.71. The van der Waals surface area contributed by atoms with Gasteiger partial charge in [0.15, 0.2) is 0 Å². The van der Waals surface area contributed by atoms with Crippen molar-refractivity contribution in [1.82, 2.24) is 4.90 Å². The lowest BCUT2D eigenvalue weighted by Crippen LogP contribution is -2.48. The Bertz CT molecular complexity index is 878. The van der Waals surface area contributed by atoms with E-state index in [1.807, 2.05) is 29.2 Å². The van der Waals surface area contributed by atoms with Crippen molar-refractivity contribution in [3.8, 4) is 0 Å². The number of anilines is 2. The number of rotatable bonds is 6. The zero-order chi connectivity index (χ0) is 21.0. The second kappa shape index (κ2) is 9.24. The molecule has 0 unspecified atom stereocenters. The standard InChI is InChI=1S/C21H25ClN4O3/c1-15(2)16-3-6-18(7-4-16)23-21(27)14-24-9-11-25(12-10-24)19-8-5-17(22)13-20(19)26(28)29/h3-8,13,15H,9-12,14H2,1-2H3,(H,23,27). The molecule has 8 heteroatoms. The van der Waals surface area contributed by atoms with Gasteiger partial charge in [0.05, 0.1) is 11.5 Å². The zero-order valence-electron chi connectivity index (χ0n) is 16.6. The van der Waals surface area contributed by atoms with E-state index < -0.39 is 4.92 Å². The molecule has 7 nitrogen and oxygen atoms in total. The van der Waals surface area contributed by atoms with Crippen molar-refractivity contribution in [2.75, 3.05) is 42.9 Å². The van der Waals surface area contributed by atoms with Gasteiger partial charge in [-0.2, -0.15) is 0 Å². The van der Waals surface area contributed by atoms with E-state index >= 15 is 0 Å². The topological polar surface area (TPSA) is 78.7 Å². The number of carbonyl (C=O) groups excluding carboxylic acids is 1. The molecule has 0 bridgehead atoms. The zero-order valence-corrected chi connectivity index (χ0v) is 17.4. The average Bonchev–Trinajstić information content (AvgIpc) is 2.69. The molecule has 1 heterocycles. The minimum atomic E-state index is -0.411. The summed E-state index contributed by atoms with van der Waals surface area (Å²) in [5, 5.41) is 14.6. The van der Waals surface area contributed by atoms with Crippen molar-refractivity contribution in [2.45, 2.75) is 19.8 Å². The summed E-state index contributed by atoms with van der Waals surface area (Å²) in [6.45, 7) is 7.08. The van der Waals surface area contributed by atoms with Crippen LogP contribution in [0.3, 0.4) is 0 Å². The Morgan fingerprint density at radius 1 is 1.14 bits per heavy atom. The fourth-order valence-electron chi connectivity index (χ4n) is 3.41. The van der Waals surface area contributed by atoms with Gasteiger partial charge in [0.2, 0.25) is 5.91 Å². The van der Waals surface area contributed by atoms with Crippen LogP contribution in [0.4, 0.5) is 17.1 Å². The first-order valence-corrected chi connectivity index (χ1v) is 10.0. The highest BCUT2D eigenvalue weighted by Gasteiger charge is 2.24. The van der Waals surface area contributed by atoms with Crippen LogP contribution in [0.1, 0.15) is 25.3 Å². The molecule has 1 aliphatic heterocycles. The Balaban J connectivity index is 1.53. The molecular weight excluding hydrogens is 392 g/mol. The molecule has 1 fully saturated rings. The fraction of sp³-hybridized carbons (Fsp3) is 0.381. The molecule has 0 saturated carbocycles. The maximum Gasteiger partial charge on any atom is 0.294 e. The SMILES string of the molecule is CC(C)c1ccc(NC(=O)CN2CCN(c3ccc(Cl)cc3[N+](=O)[O-])CC2)cc1. The van der Waals surface area contributed by atoms with E-state index in [1.165, 1.54) is 11.6 Å². The molecule has 0 aliphatic carbocycles. The number of halogens is 1. The van der Waals surface area contributed by atoms with Gasteiger partial charge in [-0.05, 0) is 35.7 Å². The maximum atomic E-state index is 12.4. The normalized spacial score (nSPS) is 14.8. The van der Waals surface area contributed by atoms with E-state index in [2.05, 4.69) is 24.1 Å². The first kappa shape index (κ1) is 21.1. The van der Waals surface area contributed by atoms with Gasteiger partial charge in [-0.25, -0.2) is 0 Å². The van der Waals surface area contributed by atoms with Crippen LogP contribution in [0.5, 0.6) is 0 Å². The summed E-state index contributed by atoms with van der Waals surface area (Å²) >= 11 is 5.90. The van der Waals surface area contributed by atoms with E-state index in [-0.39, 0.29) is 11.6 Å². The van der Waals surface area contributed by atoms with Gasteiger partial charge < -0.3 is 10.2 Å². The molecule has 2 aromatic carbocycles. The van der Waals surface area contributed by atoms with Gasteiger partial charge in [0, 0.05) is 43.0 Å². The van der Waals surface area contributed by atoms with Crippen LogP contribution in [-0.2, 0) is 4.79 Å². The molecule has 0 spiro atoms. The van der Waals surface area contributed by atoms with Crippen LogP contribution < -0.4 is 10.2 Å². The van der Waals surface area contributed by atoms with Gasteiger partial charge in [0.1, 0.15) is 5.69 Å². The molecule has 0 atom stereocenters. The molecule has 0 radical (unpaired) electrons. The third-order valence-electron chi connectivity index (χ3n) is 5.08. The second-order valence-corrected chi connectivity index (χ2v) is 7.91. The number of hydrogen-bond donors (Lipinski definition) is 1. The lowest BCUT2D eigenvalue weighted by molar-refractivity contribution is -0.384. The van der Waals surface area contributed by atoms with E-state index in [9.17, 15) is 14.9 Å². The van der Waals surface area contributed by atoms with E-state index in [0.29, 0.717) is 49.4 Å². The lowest BCUT2D eigenvalue weighted by Gasteiger charge is -2.35. The van der Waals surface area contributed by atoms with Crippen molar-refractivity contribution < 1.29 is 9.72 Å². The molecule has 3 rings (SSSR count). The largest absolute Gasteiger partial charge is 0.363 e. The number of carbonyl (C=O) groups is 1. The smallest absolute Gasteiger partial charge is 0.294 e. The van der Waals surface area contributed by atoms with E-state index in [0.717, 1.165) is 5.69 Å². The fourth-order valence-corrected chi connectivity index (χ4v) is 3.58. The number of piperazine rings is 1. The van der Waals surface area contributed by atoms with Crippen LogP contribution in [0.2, 0.25) is 5.02 Å². The maximum absolute atomic E-state index is 12.4. The Morgan fingerprint density at radius 2 is 1.79 bits per heavy atom. The van der Waals surface area contributed by atoms with Crippen LogP contribution >= 0.6 is 11.6 Å². The van der Waals surface area contributed by atoms with Crippen molar-refractivity contribution in [2.24, 2.45) is 0 Å². The summed E-state index contributed by atoms with van der Waals surface area (Å²) in [4.78, 5) is 27.3. The molecular formula is C21H25ClN4O3. The molecule has 1 aliphatic rings. The highest BCUT2D eigenvalue weighted by molar-refractivity contribution is 6.30. The van der Waals surface area contributed by atoms with Crippen LogP contribution in [0, 0.1) is 10.1 Å². The molecule has 1 amide bonds. The average molecular weight is 417 g/mol. The summed E-state index contributed by atoms with van der Waals surface area (Å²) in [5.74, 6) is 0.390. The van der Waals surface area contributed by atoms with Crippen molar-refractivity contribution in [3.63, 3.8) is 0 Å². The number of nitro benzene ring substituents is 1. The predicted octanol–water partition coefficient (Wildman–Crippen LogP) is 4.13. The molecule has 1 N–H and O–H groups in total. The minimum Gasteiger partial charge on any atom is -0.363 e. The Morgan fingerprint density at radius 3 is 2.38 bits per heavy atom. The van der Waals surface area contributed by atoms with Crippen molar-refractivity contribution in [3.05, 3.63) is 63.2 Å². The number of benzene rings is 2. The highest BCUT2D eigenvalue weighted by Crippen LogP contribution is 2.31. The summed E-state index contributed by atoms with van der Waals surface area (Å²) in [7, 11) is 0. The quantitative estimate of drug-likeness (QED) is 0.565. The van der Waals surface area contributed by atoms with Crippen LogP contribution in [0.15, 0.2) is 42.5 Å². The van der Waals surface area contributed by atoms with Crippen molar-refractivity contribution in [1.29, 1.82) is 0 Å². The summed E-state index contributed by atoms with van der Waals surface area (Å²) < 4.78 is 0. The monoisotopic (exact) mass is 416 g/mol. The van der Waals surface area contributed by atoms with Crippen LogP contribution in [-0.4, -0.2) is 48.5 Å². The molecule has 29 heavy (non-hydrogen) atoms. The highest BCUT2D eigenvalue weighted by atomic mass is 35.5. The number of nitro groups is 1. The molecule has 154 valence electrons. The number of amides is 1. The van der Waals surface area contributed by atoms with Gasteiger partial charge in [0.25, 0.3) is 5.69 Å². The number of nitrogens with one attached hydrogen (secondary N) is 1. The van der Waals surface area contributed by atoms with E-state index in [1.54, 1.807) is 12.1 Å². The molecule has 2 aromatic rings. The third kappa shape index (κ3) is 5.46. The summed E-state index contributed by atoms with van der Waals surface area (Å²) in [5.41, 5.74) is 2.59. The first-order valence-electron chi connectivity index (χ1n) is 9.64. The van der Waals surface area contributed by atoms with Gasteiger partial charge in [-0.15, -0.1) is 0 Å². The van der Waals surface area contributed by atoms with Crippen molar-refractivity contribution >= 4 is 34.6 Å². The molecule has 1 saturated heterocycles. The van der Waals surface area contributed by atoms with Gasteiger partial charge in [-0.3, -0.25) is 19.8 Å². The summed E-state index contributed by atoms with van der Waals surface area (Å²) in [6.07, 6.45) is 0. The number of hydrogen-bond acceptors (Lipinski definition) is 5. The van der Waals surface area contributed by atoms with Gasteiger partial charge >= 0.3 is 0 Å². The third-order valence-corrected chi connectivity index (χ3v) is 5.31. The first-order chi connectivity index (χ1) is 13.8. The van der Waals surface area contributed by atoms with Gasteiger partial charge in [-0.1, -0.05) is 37.6 Å². The predicted molar refractivity (Wildman–Crippen MR) is 116 cm³/mol. The lowest BCUT2D eigenvalue weighted by atomic mass is 10.0. The van der Waals surface area contributed by atoms with E-state index in [4.69, 9.17) is 11.6 Å². The minimum absolute atomic E-state index is 0.00791. The Hall–Kier alpha value is -2.64.